The summed E-state index contributed by atoms with van der Waals surface area (Å²) in [5, 5.41) is 0. The van der Waals surface area contributed by atoms with Crippen molar-refractivity contribution in [1.29, 1.82) is 0 Å². The van der Waals surface area contributed by atoms with Gasteiger partial charge < -0.3 is 0 Å². The summed E-state index contributed by atoms with van der Waals surface area (Å²) in [5.74, 6) is 0. The van der Waals surface area contributed by atoms with E-state index in [4.69, 9.17) is 0 Å². The Morgan fingerprint density at radius 1 is 0.682 bits per heavy atom. The number of thiophene rings is 1. The zero-order valence-corrected chi connectivity index (χ0v) is 21.9. The maximum atomic E-state index is 2.69. The van der Waals surface area contributed by atoms with Gasteiger partial charge in [0.25, 0.3) is 0 Å². The Balaban J connectivity index is 3.76. The Labute approximate surface area is 147 Å². The molecule has 0 aromatic carbocycles. The van der Waals surface area contributed by atoms with Gasteiger partial charge in [-0.2, -0.15) is 11.3 Å². The molecular weight excluding hydrogens is 349 g/mol. The highest BCUT2D eigenvalue weighted by molar-refractivity contribution is 7.94. The smallest absolute Gasteiger partial charge is 0.0806 e. The van der Waals surface area contributed by atoms with Crippen LogP contribution >= 0.6 is 11.3 Å². The Morgan fingerprint density at radius 2 is 1.05 bits per heavy atom. The average Bonchev–Trinajstić information content (AvgIpc) is 2.58. The lowest BCUT2D eigenvalue weighted by Crippen LogP contribution is -2.87. The van der Waals surface area contributed by atoms with Crippen LogP contribution < -0.4 is 4.50 Å². The van der Waals surface area contributed by atoms with E-state index in [2.05, 4.69) is 103 Å². The first kappa shape index (κ1) is 20.6. The summed E-state index contributed by atoms with van der Waals surface area (Å²) < 4.78 is 1.87. The summed E-state index contributed by atoms with van der Waals surface area (Å²) in [5.41, 5.74) is 0.293. The molecule has 128 valence electrons. The molecule has 22 heavy (non-hydrogen) atoms. The first-order valence-electron chi connectivity index (χ1n) is 8.57. The maximum absolute atomic E-state index is 2.69. The molecule has 0 aliphatic rings. The number of rotatable bonds is 4. The molecule has 0 atom stereocenters. The van der Waals surface area contributed by atoms with E-state index in [1.807, 2.05) is 4.50 Å². The molecule has 0 unspecified atom stereocenters. The second kappa shape index (κ2) is 5.83. The molecular formula is C17H38SSi4. The van der Waals surface area contributed by atoms with Crippen molar-refractivity contribution < 1.29 is 0 Å². The van der Waals surface area contributed by atoms with Crippen molar-refractivity contribution in [2.75, 3.05) is 0 Å². The topological polar surface area (TPSA) is 0 Å². The van der Waals surface area contributed by atoms with Gasteiger partial charge in [-0.25, -0.2) is 0 Å². The second-order valence-corrected chi connectivity index (χ2v) is 52.6. The van der Waals surface area contributed by atoms with E-state index in [1.54, 1.807) is 4.88 Å². The lowest BCUT2D eigenvalue weighted by molar-refractivity contribution is 0.604. The Morgan fingerprint density at radius 3 is 1.27 bits per heavy atom. The van der Waals surface area contributed by atoms with E-state index >= 15 is 0 Å². The van der Waals surface area contributed by atoms with Gasteiger partial charge >= 0.3 is 0 Å². The van der Waals surface area contributed by atoms with Crippen LogP contribution in [0.25, 0.3) is 0 Å². The molecule has 0 aliphatic carbocycles. The molecule has 0 fully saturated rings. The lowest BCUT2D eigenvalue weighted by Gasteiger charge is -2.57. The van der Waals surface area contributed by atoms with Gasteiger partial charge in [0.15, 0.2) is 0 Å². The molecule has 0 spiro atoms. The fourth-order valence-electron chi connectivity index (χ4n) is 5.43. The van der Waals surface area contributed by atoms with Crippen LogP contribution in [-0.4, -0.2) is 29.4 Å². The zero-order valence-electron chi connectivity index (χ0n) is 17.1. The van der Waals surface area contributed by atoms with Gasteiger partial charge in [-0.05, 0) is 16.0 Å². The van der Waals surface area contributed by atoms with Gasteiger partial charge in [0.05, 0.1) is 6.63 Å². The molecule has 1 aromatic heterocycles. The molecule has 0 amide bonds. The third-order valence-electron chi connectivity index (χ3n) is 5.09. The van der Waals surface area contributed by atoms with E-state index in [-0.39, 0.29) is 0 Å². The summed E-state index contributed by atoms with van der Waals surface area (Å²) in [7, 11) is -3.66. The molecule has 1 heterocycles. The van der Waals surface area contributed by atoms with Gasteiger partial charge in [-0.1, -0.05) is 85.8 Å². The van der Waals surface area contributed by atoms with Crippen molar-refractivity contribution in [1.82, 2.24) is 0 Å². The van der Waals surface area contributed by atoms with Gasteiger partial charge in [0.1, 0.15) is 0 Å². The van der Waals surface area contributed by atoms with Crippen molar-refractivity contribution in [3.05, 3.63) is 17.0 Å². The predicted octanol–water partition coefficient (Wildman–Crippen LogP) is 5.95. The highest BCUT2D eigenvalue weighted by Gasteiger charge is 2.63. The van der Waals surface area contributed by atoms with Crippen molar-refractivity contribution in [2.45, 2.75) is 85.1 Å². The largest absolute Gasteiger partial charge is 0.150 e. The fraction of sp³-hybridized carbons (Fsp3) is 0.765. The summed E-state index contributed by atoms with van der Waals surface area (Å²) in [6, 6.07) is 5.04. The Bertz CT molecular complexity index is 483. The molecule has 0 radical (unpaired) electrons. The molecule has 0 N–H and O–H groups in total. The van der Waals surface area contributed by atoms with Crippen molar-refractivity contribution in [2.24, 2.45) is 0 Å². The molecule has 1 aromatic rings. The quantitative estimate of drug-likeness (QED) is 0.561. The normalized spacial score (nSPS) is 15.3. The number of hydrogen-bond donors (Lipinski definition) is 0. The SMILES string of the molecule is CC(C)(C)c1ccc([Si]([Si](C)(C)C)([Si](C)(C)C)[Si](C)(C)C)s1. The van der Waals surface area contributed by atoms with E-state index in [0.29, 0.717) is 5.41 Å². The first-order valence-corrected chi connectivity index (χ1v) is 24.9. The van der Waals surface area contributed by atoms with E-state index in [1.165, 1.54) is 0 Å². The summed E-state index contributed by atoms with van der Waals surface area (Å²) in [6.07, 6.45) is 0. The van der Waals surface area contributed by atoms with Gasteiger partial charge in [-0.15, -0.1) is 0 Å². The number of hydrogen-bond acceptors (Lipinski definition) is 1. The van der Waals surface area contributed by atoms with Crippen LogP contribution in [0.1, 0.15) is 25.6 Å². The van der Waals surface area contributed by atoms with E-state index in [9.17, 15) is 0 Å². The van der Waals surface area contributed by atoms with Gasteiger partial charge in [0, 0.05) is 27.7 Å². The molecule has 1 rings (SSSR count). The molecule has 0 saturated heterocycles. The zero-order chi connectivity index (χ0) is 17.8. The monoisotopic (exact) mass is 386 g/mol. The molecule has 0 aliphatic heterocycles. The van der Waals surface area contributed by atoms with Crippen molar-refractivity contribution in [3.8, 4) is 0 Å². The van der Waals surface area contributed by atoms with Crippen molar-refractivity contribution in [3.63, 3.8) is 0 Å². The van der Waals surface area contributed by atoms with Crippen LogP contribution in [-0.2, 0) is 5.41 Å². The highest BCUT2D eigenvalue weighted by Crippen LogP contribution is 2.39. The van der Waals surface area contributed by atoms with Crippen LogP contribution in [0.5, 0.6) is 0 Å². The highest BCUT2D eigenvalue weighted by atomic mass is 32.1. The lowest BCUT2D eigenvalue weighted by atomic mass is 9.95. The Hall–Kier alpha value is 0.568. The first-order chi connectivity index (χ1) is 9.46. The van der Waals surface area contributed by atoms with Crippen LogP contribution in [0.4, 0.5) is 0 Å². The maximum Gasteiger partial charge on any atom is 0.0806 e. The minimum absolute atomic E-state index is 0.293. The van der Waals surface area contributed by atoms with Crippen LogP contribution in [0.15, 0.2) is 12.1 Å². The summed E-state index contributed by atoms with van der Waals surface area (Å²) in [6.45, 7) is 29.9. The third kappa shape index (κ3) is 3.34. The van der Waals surface area contributed by atoms with Crippen LogP contribution in [0.2, 0.25) is 58.9 Å². The average molecular weight is 387 g/mol. The van der Waals surface area contributed by atoms with Crippen LogP contribution in [0, 0.1) is 0 Å². The summed E-state index contributed by atoms with van der Waals surface area (Å²) >= 11 is 2.19. The Kier molecular flexibility index (Phi) is 5.46. The van der Waals surface area contributed by atoms with Crippen molar-refractivity contribution >= 4 is 45.2 Å². The standard InChI is InChI=1S/C17H38SSi4/c1-17(2,3)15-13-14-16(18-15)22(19(4,5)6,20(7,8)9)21(10,11)12/h13-14H,1-12H3. The molecule has 0 nitrogen and oxygen atoms in total. The second-order valence-electron chi connectivity index (χ2n) is 10.9. The third-order valence-corrected chi connectivity index (χ3v) is 80.1. The molecule has 0 bridgehead atoms. The minimum Gasteiger partial charge on any atom is -0.150 e. The van der Waals surface area contributed by atoms with Gasteiger partial charge in [-0.3, -0.25) is 0 Å². The van der Waals surface area contributed by atoms with Gasteiger partial charge in [0.2, 0.25) is 0 Å². The van der Waals surface area contributed by atoms with E-state index in [0.717, 1.165) is 0 Å². The minimum atomic E-state index is -1.40. The van der Waals surface area contributed by atoms with E-state index < -0.39 is 29.4 Å². The summed E-state index contributed by atoms with van der Waals surface area (Å²) in [4.78, 5) is 1.59. The van der Waals surface area contributed by atoms with Crippen LogP contribution in [0.3, 0.4) is 0 Å². The molecule has 0 saturated carbocycles. The molecule has 5 heteroatoms. The predicted molar refractivity (Wildman–Crippen MR) is 118 cm³/mol. The fourth-order valence-corrected chi connectivity index (χ4v) is 115.